The van der Waals surface area contributed by atoms with Crippen molar-refractivity contribution in [2.75, 3.05) is 17.6 Å². The second kappa shape index (κ2) is 9.81. The van der Waals surface area contributed by atoms with E-state index in [4.69, 9.17) is 5.73 Å². The van der Waals surface area contributed by atoms with Crippen LogP contribution in [0.4, 0.5) is 15.9 Å². The second-order valence-electron chi connectivity index (χ2n) is 7.37. The zero-order valence-corrected chi connectivity index (χ0v) is 18.9. The molecule has 172 valence electrons. The van der Waals surface area contributed by atoms with Crippen molar-refractivity contribution in [1.29, 1.82) is 5.26 Å². The molecule has 0 spiro atoms. The summed E-state index contributed by atoms with van der Waals surface area (Å²) in [7, 11) is -3.82. The van der Waals surface area contributed by atoms with E-state index in [9.17, 15) is 22.9 Å². The number of nitrogens with zero attached hydrogens (tertiary/aromatic N) is 3. The standard InChI is InChI=1S/C22H23FN6O3S/c1-14-5-8-17(27-15(2)30)12-21(14)33(31,32)26-11-3-4-20-19(13-24)22(25)29(28-20)18-9-6-16(23)7-10-18/h5-10,12,26H,3-4,11,25H2,1-2H3,(H,27,30). The molecule has 0 saturated heterocycles. The first kappa shape index (κ1) is 23.9. The predicted molar refractivity (Wildman–Crippen MR) is 122 cm³/mol. The molecule has 0 aliphatic rings. The highest BCUT2D eigenvalue weighted by atomic mass is 32.2. The number of nitrogen functional groups attached to an aromatic ring is 1. The molecule has 0 saturated carbocycles. The summed E-state index contributed by atoms with van der Waals surface area (Å²) in [5.74, 6) is -0.580. The largest absolute Gasteiger partial charge is 0.382 e. The van der Waals surface area contributed by atoms with Crippen LogP contribution < -0.4 is 15.8 Å². The van der Waals surface area contributed by atoms with E-state index in [1.165, 1.54) is 41.9 Å². The molecule has 0 radical (unpaired) electrons. The summed E-state index contributed by atoms with van der Waals surface area (Å²) in [5, 5.41) is 16.4. The van der Waals surface area contributed by atoms with Gasteiger partial charge in [-0.1, -0.05) is 6.07 Å². The maximum absolute atomic E-state index is 13.2. The van der Waals surface area contributed by atoms with Gasteiger partial charge in [-0.15, -0.1) is 0 Å². The van der Waals surface area contributed by atoms with E-state index in [1.807, 2.05) is 6.07 Å². The van der Waals surface area contributed by atoms with Crippen LogP contribution in [-0.4, -0.2) is 30.7 Å². The van der Waals surface area contributed by atoms with Crippen LogP contribution in [0.5, 0.6) is 0 Å². The predicted octanol–water partition coefficient (Wildman–Crippen LogP) is 2.64. The number of aryl methyl sites for hydroxylation is 2. The molecular formula is C22H23FN6O3S. The van der Waals surface area contributed by atoms with Crippen molar-refractivity contribution < 1.29 is 17.6 Å². The summed E-state index contributed by atoms with van der Waals surface area (Å²) < 4.78 is 42.6. The first-order valence-electron chi connectivity index (χ1n) is 10.0. The number of aromatic nitrogens is 2. The molecule has 0 unspecified atom stereocenters. The minimum Gasteiger partial charge on any atom is -0.382 e. The van der Waals surface area contributed by atoms with Gasteiger partial charge in [0.25, 0.3) is 0 Å². The number of amides is 1. The van der Waals surface area contributed by atoms with Crippen molar-refractivity contribution in [2.24, 2.45) is 0 Å². The minimum absolute atomic E-state index is 0.0660. The van der Waals surface area contributed by atoms with Crippen LogP contribution >= 0.6 is 0 Å². The van der Waals surface area contributed by atoms with E-state index in [2.05, 4.69) is 15.1 Å². The van der Waals surface area contributed by atoms with Crippen molar-refractivity contribution in [2.45, 2.75) is 31.6 Å². The second-order valence-corrected chi connectivity index (χ2v) is 9.11. The fourth-order valence-electron chi connectivity index (χ4n) is 3.26. The molecule has 4 N–H and O–H groups in total. The maximum atomic E-state index is 13.2. The summed E-state index contributed by atoms with van der Waals surface area (Å²) in [4.78, 5) is 11.3. The molecule has 1 amide bonds. The van der Waals surface area contributed by atoms with Crippen molar-refractivity contribution >= 4 is 27.4 Å². The van der Waals surface area contributed by atoms with E-state index in [-0.39, 0.29) is 28.7 Å². The topological polar surface area (TPSA) is 143 Å². The van der Waals surface area contributed by atoms with Crippen LogP contribution in [0, 0.1) is 24.1 Å². The molecule has 1 aromatic heterocycles. The number of halogens is 1. The summed E-state index contributed by atoms with van der Waals surface area (Å²) >= 11 is 0. The lowest BCUT2D eigenvalue weighted by Crippen LogP contribution is -2.26. The Morgan fingerprint density at radius 1 is 1.24 bits per heavy atom. The normalized spacial score (nSPS) is 11.2. The van der Waals surface area contributed by atoms with Crippen LogP contribution in [0.25, 0.3) is 5.69 Å². The molecule has 3 rings (SSSR count). The van der Waals surface area contributed by atoms with Crippen molar-refractivity contribution in [3.8, 4) is 11.8 Å². The molecule has 0 aliphatic heterocycles. The van der Waals surface area contributed by atoms with Crippen LogP contribution in [0.15, 0.2) is 47.4 Å². The number of nitrogens with two attached hydrogens (primary N) is 1. The number of sulfonamides is 1. The van der Waals surface area contributed by atoms with Crippen LogP contribution in [0.1, 0.15) is 30.2 Å². The molecular weight excluding hydrogens is 447 g/mol. The number of carbonyl (C=O) groups excluding carboxylic acids is 1. The molecule has 33 heavy (non-hydrogen) atoms. The number of nitrogens with one attached hydrogen (secondary N) is 2. The van der Waals surface area contributed by atoms with Gasteiger partial charge in [0.15, 0.2) is 0 Å². The Morgan fingerprint density at radius 3 is 2.58 bits per heavy atom. The first-order chi connectivity index (χ1) is 15.6. The molecule has 0 aliphatic carbocycles. The number of nitriles is 1. The Hall–Kier alpha value is -3.75. The van der Waals surface area contributed by atoms with Gasteiger partial charge in [0.2, 0.25) is 15.9 Å². The summed E-state index contributed by atoms with van der Waals surface area (Å²) in [6.45, 7) is 3.10. The fourth-order valence-corrected chi connectivity index (χ4v) is 4.61. The van der Waals surface area contributed by atoms with Crippen LogP contribution in [0.2, 0.25) is 0 Å². The van der Waals surface area contributed by atoms with E-state index in [0.29, 0.717) is 35.5 Å². The quantitative estimate of drug-likeness (QED) is 0.432. The zero-order valence-electron chi connectivity index (χ0n) is 18.1. The van der Waals surface area contributed by atoms with E-state index < -0.39 is 15.8 Å². The Labute approximate surface area is 191 Å². The minimum atomic E-state index is -3.82. The highest BCUT2D eigenvalue weighted by Gasteiger charge is 2.19. The van der Waals surface area contributed by atoms with Crippen LogP contribution in [0.3, 0.4) is 0 Å². The monoisotopic (exact) mass is 470 g/mol. The zero-order chi connectivity index (χ0) is 24.2. The van der Waals surface area contributed by atoms with Crippen molar-refractivity contribution in [3.63, 3.8) is 0 Å². The van der Waals surface area contributed by atoms with Gasteiger partial charge in [-0.05, 0) is 61.7 Å². The van der Waals surface area contributed by atoms with Crippen LogP contribution in [-0.2, 0) is 21.2 Å². The molecule has 2 aromatic carbocycles. The third-order valence-corrected chi connectivity index (χ3v) is 6.46. The highest BCUT2D eigenvalue weighted by Crippen LogP contribution is 2.23. The molecule has 0 bridgehead atoms. The smallest absolute Gasteiger partial charge is 0.240 e. The molecule has 1 heterocycles. The third-order valence-electron chi connectivity index (χ3n) is 4.86. The van der Waals surface area contributed by atoms with Gasteiger partial charge >= 0.3 is 0 Å². The number of hydrogen-bond donors (Lipinski definition) is 3. The summed E-state index contributed by atoms with van der Waals surface area (Å²) in [6, 6.07) is 12.2. The van der Waals surface area contributed by atoms with Gasteiger partial charge in [-0.2, -0.15) is 10.4 Å². The number of hydrogen-bond acceptors (Lipinski definition) is 6. The molecule has 0 atom stereocenters. The number of rotatable bonds is 8. The molecule has 3 aromatic rings. The Balaban J connectivity index is 1.70. The fraction of sp³-hybridized carbons (Fsp3) is 0.227. The van der Waals surface area contributed by atoms with E-state index in [1.54, 1.807) is 19.1 Å². The van der Waals surface area contributed by atoms with Crippen molar-refractivity contribution in [3.05, 3.63) is 65.1 Å². The summed E-state index contributed by atoms with van der Waals surface area (Å²) in [6.07, 6.45) is 0.660. The Morgan fingerprint density at radius 2 is 1.94 bits per heavy atom. The van der Waals surface area contributed by atoms with Gasteiger partial charge in [0.05, 0.1) is 16.3 Å². The lowest BCUT2D eigenvalue weighted by Gasteiger charge is -2.11. The van der Waals surface area contributed by atoms with Gasteiger partial charge < -0.3 is 11.1 Å². The number of benzene rings is 2. The number of anilines is 2. The maximum Gasteiger partial charge on any atom is 0.240 e. The third kappa shape index (κ3) is 5.54. The molecule has 9 nitrogen and oxygen atoms in total. The van der Waals surface area contributed by atoms with Crippen molar-refractivity contribution in [1.82, 2.24) is 14.5 Å². The first-order valence-corrected chi connectivity index (χ1v) is 11.5. The lowest BCUT2D eigenvalue weighted by molar-refractivity contribution is -0.114. The number of carbonyl (C=O) groups is 1. The summed E-state index contributed by atoms with van der Waals surface area (Å²) in [5.41, 5.74) is 8.08. The lowest BCUT2D eigenvalue weighted by atomic mass is 10.1. The van der Waals surface area contributed by atoms with E-state index >= 15 is 0 Å². The highest BCUT2D eigenvalue weighted by molar-refractivity contribution is 7.89. The van der Waals surface area contributed by atoms with Gasteiger partial charge in [0.1, 0.15) is 23.3 Å². The Bertz CT molecular complexity index is 1330. The van der Waals surface area contributed by atoms with Gasteiger partial charge in [-0.25, -0.2) is 22.2 Å². The molecule has 11 heteroatoms. The van der Waals surface area contributed by atoms with E-state index in [0.717, 1.165) is 0 Å². The average molecular weight is 471 g/mol. The SMILES string of the molecule is CC(=O)Nc1ccc(C)c(S(=O)(=O)NCCCc2nn(-c3ccc(F)cc3)c(N)c2C#N)c1. The molecule has 0 fully saturated rings. The van der Waals surface area contributed by atoms with Gasteiger partial charge in [0, 0.05) is 19.2 Å². The Kier molecular flexibility index (Phi) is 7.10. The average Bonchev–Trinajstić information content (AvgIpc) is 3.08. The van der Waals surface area contributed by atoms with Gasteiger partial charge in [-0.3, -0.25) is 4.79 Å².